The van der Waals surface area contributed by atoms with Gasteiger partial charge >= 0.3 is 0 Å². The lowest BCUT2D eigenvalue weighted by Crippen LogP contribution is -2.39. The van der Waals surface area contributed by atoms with Gasteiger partial charge in [0, 0.05) is 32.5 Å². The quantitative estimate of drug-likeness (QED) is 0.845. The minimum atomic E-state index is -0.126. The Labute approximate surface area is 135 Å². The summed E-state index contributed by atoms with van der Waals surface area (Å²) in [6.45, 7) is 0.700. The number of hydrogen-bond acceptors (Lipinski definition) is 4. The average Bonchev–Trinajstić information content (AvgIpc) is 3.23. The van der Waals surface area contributed by atoms with Crippen molar-refractivity contribution in [2.45, 2.75) is 19.1 Å². The van der Waals surface area contributed by atoms with Crippen LogP contribution in [0.25, 0.3) is 11.1 Å². The molecule has 1 unspecified atom stereocenters. The summed E-state index contributed by atoms with van der Waals surface area (Å²) in [6, 6.07) is 8.50. The van der Waals surface area contributed by atoms with Gasteiger partial charge in [-0.2, -0.15) is 5.10 Å². The van der Waals surface area contributed by atoms with Gasteiger partial charge in [0.25, 0.3) is 5.91 Å². The summed E-state index contributed by atoms with van der Waals surface area (Å²) in [5.41, 5.74) is 1.94. The molecule has 1 amide bonds. The number of nitrogens with zero attached hydrogens (tertiary/aromatic N) is 3. The molecule has 6 nitrogen and oxygen atoms in total. The number of carbonyl (C=O) groups excluding carboxylic acids is 1. The van der Waals surface area contributed by atoms with E-state index in [2.05, 4.69) is 11.2 Å². The predicted octanol–water partition coefficient (Wildman–Crippen LogP) is 1.86. The molecule has 1 aliphatic rings. The highest BCUT2D eigenvalue weighted by Gasteiger charge is 2.24. The van der Waals surface area contributed by atoms with Crippen molar-refractivity contribution in [3.8, 4) is 16.9 Å². The van der Waals surface area contributed by atoms with Gasteiger partial charge in [-0.05, 0) is 42.7 Å². The van der Waals surface area contributed by atoms with E-state index in [0.29, 0.717) is 12.4 Å². The first kappa shape index (κ1) is 15.6. The number of benzene rings is 1. The highest BCUT2D eigenvalue weighted by molar-refractivity contribution is 5.77. The maximum absolute atomic E-state index is 12.2. The fraction of sp³-hybridized carbons (Fsp3) is 0.412. The second-order valence-corrected chi connectivity index (χ2v) is 5.62. The summed E-state index contributed by atoms with van der Waals surface area (Å²) >= 11 is 0. The lowest BCUT2D eigenvalue weighted by molar-refractivity contribution is -0.141. The topological polar surface area (TPSA) is 56.6 Å². The number of carbonyl (C=O) groups is 1. The number of aromatic nitrogens is 2. The van der Waals surface area contributed by atoms with Gasteiger partial charge in [0.2, 0.25) is 0 Å². The maximum Gasteiger partial charge on any atom is 0.262 e. The van der Waals surface area contributed by atoms with Gasteiger partial charge in [-0.3, -0.25) is 9.48 Å². The van der Waals surface area contributed by atoms with E-state index in [4.69, 9.17) is 9.47 Å². The smallest absolute Gasteiger partial charge is 0.262 e. The molecule has 1 aromatic heterocycles. The lowest BCUT2D eigenvalue weighted by atomic mass is 10.1. The van der Waals surface area contributed by atoms with Gasteiger partial charge in [-0.25, -0.2) is 0 Å². The van der Waals surface area contributed by atoms with Crippen molar-refractivity contribution in [3.63, 3.8) is 0 Å². The van der Waals surface area contributed by atoms with Crippen LogP contribution in [0.15, 0.2) is 30.6 Å². The molecule has 1 aromatic carbocycles. The third-order valence-electron chi connectivity index (χ3n) is 3.89. The van der Waals surface area contributed by atoms with Crippen molar-refractivity contribution in [2.75, 3.05) is 20.3 Å². The van der Waals surface area contributed by atoms with Crippen LogP contribution in [0.1, 0.15) is 12.8 Å². The highest BCUT2D eigenvalue weighted by atomic mass is 16.5. The molecule has 0 spiro atoms. The number of likely N-dealkylation sites (N-methyl/N-ethyl adjacent to an activating group) is 1. The number of amides is 1. The molecule has 3 rings (SSSR count). The number of hydrogen-bond donors (Lipinski definition) is 0. The predicted molar refractivity (Wildman–Crippen MR) is 84.7 cm³/mol. The SMILES string of the molecule is CN(C(=O)COc1c[c]cc(-c2cnn(C)c2)c1)C1CCCO1. The molecule has 1 aliphatic heterocycles. The van der Waals surface area contributed by atoms with Gasteiger partial charge in [0.05, 0.1) is 6.20 Å². The first-order chi connectivity index (χ1) is 11.1. The molecule has 2 heterocycles. The van der Waals surface area contributed by atoms with Crippen molar-refractivity contribution in [1.29, 1.82) is 0 Å². The maximum atomic E-state index is 12.2. The van der Waals surface area contributed by atoms with Crippen molar-refractivity contribution in [1.82, 2.24) is 14.7 Å². The highest BCUT2D eigenvalue weighted by Crippen LogP contribution is 2.23. The molecule has 0 saturated carbocycles. The van der Waals surface area contributed by atoms with E-state index in [9.17, 15) is 4.79 Å². The third-order valence-corrected chi connectivity index (χ3v) is 3.89. The molecular formula is C17H20N3O3. The normalized spacial score (nSPS) is 17.2. The average molecular weight is 314 g/mol. The van der Waals surface area contributed by atoms with Crippen LogP contribution in [0.4, 0.5) is 0 Å². The largest absolute Gasteiger partial charge is 0.484 e. The first-order valence-electron chi connectivity index (χ1n) is 7.64. The number of rotatable bonds is 5. The zero-order valence-corrected chi connectivity index (χ0v) is 13.4. The summed E-state index contributed by atoms with van der Waals surface area (Å²) in [7, 11) is 3.62. The third kappa shape index (κ3) is 3.71. The second kappa shape index (κ2) is 6.83. The molecule has 2 aromatic rings. The van der Waals surface area contributed by atoms with Crippen LogP contribution in [-0.4, -0.2) is 47.1 Å². The van der Waals surface area contributed by atoms with E-state index in [1.807, 2.05) is 25.4 Å². The fourth-order valence-corrected chi connectivity index (χ4v) is 2.54. The zero-order chi connectivity index (χ0) is 16.2. The lowest BCUT2D eigenvalue weighted by Gasteiger charge is -2.23. The molecule has 1 radical (unpaired) electrons. The Kier molecular flexibility index (Phi) is 4.62. The number of aryl methyl sites for hydroxylation is 1. The molecule has 1 atom stereocenters. The van der Waals surface area contributed by atoms with E-state index >= 15 is 0 Å². The summed E-state index contributed by atoms with van der Waals surface area (Å²) in [5, 5.41) is 4.15. The van der Waals surface area contributed by atoms with E-state index in [1.165, 1.54) is 0 Å². The molecule has 1 saturated heterocycles. The summed E-state index contributed by atoms with van der Waals surface area (Å²) < 4.78 is 12.9. The van der Waals surface area contributed by atoms with Gasteiger partial charge in [-0.1, -0.05) is 0 Å². The molecule has 1 fully saturated rings. The monoisotopic (exact) mass is 314 g/mol. The van der Waals surface area contributed by atoms with Crippen molar-refractivity contribution >= 4 is 5.91 Å². The molecule has 0 bridgehead atoms. The molecule has 6 heteroatoms. The second-order valence-electron chi connectivity index (χ2n) is 5.62. The van der Waals surface area contributed by atoms with Crippen LogP contribution >= 0.6 is 0 Å². The minimum Gasteiger partial charge on any atom is -0.484 e. The Morgan fingerprint density at radius 1 is 1.52 bits per heavy atom. The Hall–Kier alpha value is -2.34. The van der Waals surface area contributed by atoms with Gasteiger partial charge in [-0.15, -0.1) is 0 Å². The van der Waals surface area contributed by atoms with Crippen molar-refractivity contribution < 1.29 is 14.3 Å². The van der Waals surface area contributed by atoms with Crippen LogP contribution in [0.3, 0.4) is 0 Å². The van der Waals surface area contributed by atoms with Gasteiger partial charge in [0.15, 0.2) is 6.61 Å². The van der Waals surface area contributed by atoms with Crippen molar-refractivity contribution in [2.24, 2.45) is 7.05 Å². The minimum absolute atomic E-state index is 0.0132. The molecule has 121 valence electrons. The summed E-state index contributed by atoms with van der Waals surface area (Å²) in [4.78, 5) is 13.8. The van der Waals surface area contributed by atoms with E-state index < -0.39 is 0 Å². The van der Waals surface area contributed by atoms with Crippen LogP contribution in [-0.2, 0) is 16.6 Å². The standard InChI is InChI=1S/C17H20N3O3/c1-19-11-14(10-18-19)13-5-3-6-15(9-13)23-12-16(21)20(2)17-7-4-8-22-17/h5-6,9-11,17H,4,7-8,12H2,1-2H3. The molecular weight excluding hydrogens is 294 g/mol. The molecule has 0 aliphatic carbocycles. The van der Waals surface area contributed by atoms with E-state index in [-0.39, 0.29) is 18.7 Å². The van der Waals surface area contributed by atoms with Crippen molar-refractivity contribution in [3.05, 3.63) is 36.7 Å². The van der Waals surface area contributed by atoms with Crippen LogP contribution in [0, 0.1) is 6.07 Å². The van der Waals surface area contributed by atoms with E-state index in [1.54, 1.807) is 28.9 Å². The first-order valence-corrected chi connectivity index (χ1v) is 7.64. The zero-order valence-electron chi connectivity index (χ0n) is 13.4. The van der Waals surface area contributed by atoms with Crippen LogP contribution < -0.4 is 4.74 Å². The summed E-state index contributed by atoms with van der Waals surface area (Å²) in [6.07, 6.45) is 5.45. The Morgan fingerprint density at radius 3 is 3.09 bits per heavy atom. The molecule has 23 heavy (non-hydrogen) atoms. The molecule has 0 N–H and O–H groups in total. The van der Waals surface area contributed by atoms with Crippen LogP contribution in [0.5, 0.6) is 5.75 Å². The summed E-state index contributed by atoms with van der Waals surface area (Å²) in [5.74, 6) is 0.518. The Bertz CT molecular complexity index is 677. The van der Waals surface area contributed by atoms with Crippen LogP contribution in [0.2, 0.25) is 0 Å². The van der Waals surface area contributed by atoms with Gasteiger partial charge < -0.3 is 14.4 Å². The Balaban J connectivity index is 1.61. The number of ether oxygens (including phenoxy) is 2. The van der Waals surface area contributed by atoms with Gasteiger partial charge in [0.1, 0.15) is 12.0 Å². The Morgan fingerprint density at radius 2 is 2.39 bits per heavy atom. The van der Waals surface area contributed by atoms with E-state index in [0.717, 1.165) is 24.0 Å². The fourth-order valence-electron chi connectivity index (χ4n) is 2.54.